The molecular formula is C21H17N3O4. The molecule has 1 aromatic heterocycles. The highest BCUT2D eigenvalue weighted by Gasteiger charge is 2.35. The zero-order valence-corrected chi connectivity index (χ0v) is 15.3. The molecule has 0 saturated heterocycles. The van der Waals surface area contributed by atoms with Gasteiger partial charge in [-0.1, -0.05) is 12.1 Å². The van der Waals surface area contributed by atoms with E-state index in [1.54, 1.807) is 24.3 Å². The topological polar surface area (TPSA) is 110 Å². The first-order valence-corrected chi connectivity index (χ1v) is 8.52. The minimum absolute atomic E-state index is 0.0301. The molecule has 1 unspecified atom stereocenters. The summed E-state index contributed by atoms with van der Waals surface area (Å²) in [5, 5.41) is 10.4. The third-order valence-corrected chi connectivity index (χ3v) is 4.79. The van der Waals surface area contributed by atoms with Crippen molar-refractivity contribution in [1.82, 2.24) is 4.98 Å². The maximum absolute atomic E-state index is 13.0. The van der Waals surface area contributed by atoms with Crippen molar-refractivity contribution in [3.05, 3.63) is 75.4 Å². The molecule has 0 amide bonds. The van der Waals surface area contributed by atoms with Crippen LogP contribution >= 0.6 is 0 Å². The van der Waals surface area contributed by atoms with Gasteiger partial charge in [-0.3, -0.25) is 4.79 Å². The van der Waals surface area contributed by atoms with Crippen molar-refractivity contribution < 1.29 is 14.2 Å². The van der Waals surface area contributed by atoms with Gasteiger partial charge >= 0.3 is 0 Å². The number of hydrogen-bond donors (Lipinski definition) is 2. The van der Waals surface area contributed by atoms with Crippen molar-refractivity contribution in [2.75, 3.05) is 14.2 Å². The molecule has 0 spiro atoms. The summed E-state index contributed by atoms with van der Waals surface area (Å²) in [5.74, 6) is 0.678. The molecule has 3 aromatic rings. The maximum atomic E-state index is 13.0. The summed E-state index contributed by atoms with van der Waals surface area (Å²) < 4.78 is 16.4. The van der Waals surface area contributed by atoms with E-state index < -0.39 is 5.92 Å². The van der Waals surface area contributed by atoms with Crippen LogP contribution in [0, 0.1) is 11.3 Å². The van der Waals surface area contributed by atoms with Crippen LogP contribution in [0.25, 0.3) is 10.9 Å². The smallest absolute Gasteiger partial charge is 0.256 e. The first-order valence-electron chi connectivity index (χ1n) is 8.52. The molecule has 3 N–H and O–H groups in total. The van der Waals surface area contributed by atoms with E-state index in [-0.39, 0.29) is 17.0 Å². The molecule has 1 aliphatic heterocycles. The zero-order chi connectivity index (χ0) is 19.8. The number of hydrogen-bond acceptors (Lipinski definition) is 6. The van der Waals surface area contributed by atoms with Gasteiger partial charge < -0.3 is 24.9 Å². The van der Waals surface area contributed by atoms with E-state index in [1.165, 1.54) is 14.2 Å². The number of aromatic amines is 1. The summed E-state index contributed by atoms with van der Waals surface area (Å²) >= 11 is 0. The van der Waals surface area contributed by atoms with Crippen LogP contribution in [0.5, 0.6) is 17.2 Å². The third kappa shape index (κ3) is 2.63. The Hall–Kier alpha value is -3.92. The molecule has 0 saturated carbocycles. The first kappa shape index (κ1) is 17.5. The number of benzene rings is 2. The Balaban J connectivity index is 2.07. The lowest BCUT2D eigenvalue weighted by molar-refractivity contribution is 0.389. The normalized spacial score (nSPS) is 15.5. The van der Waals surface area contributed by atoms with E-state index in [9.17, 15) is 10.1 Å². The number of nitrogens with one attached hydrogen (secondary N) is 1. The second kappa shape index (κ2) is 6.67. The van der Waals surface area contributed by atoms with Crippen LogP contribution in [0.2, 0.25) is 0 Å². The van der Waals surface area contributed by atoms with Crippen LogP contribution in [0.1, 0.15) is 17.0 Å². The highest BCUT2D eigenvalue weighted by Crippen LogP contribution is 2.44. The SMILES string of the molecule is COc1cc(OC)cc(C2C(C#N)=C(N)Oc3c2c(=O)[nH]c2ccccc32)c1. The molecule has 2 aromatic carbocycles. The van der Waals surface area contributed by atoms with Crippen molar-refractivity contribution in [3.63, 3.8) is 0 Å². The van der Waals surface area contributed by atoms with E-state index in [1.807, 2.05) is 18.2 Å². The van der Waals surface area contributed by atoms with Gasteiger partial charge in [0.15, 0.2) is 0 Å². The maximum Gasteiger partial charge on any atom is 0.256 e. The Labute approximate surface area is 160 Å². The van der Waals surface area contributed by atoms with Gasteiger partial charge in [0.2, 0.25) is 5.88 Å². The highest BCUT2D eigenvalue weighted by molar-refractivity contribution is 5.87. The Bertz CT molecular complexity index is 1200. The van der Waals surface area contributed by atoms with Gasteiger partial charge in [-0.2, -0.15) is 5.26 Å². The van der Waals surface area contributed by atoms with Gasteiger partial charge in [-0.05, 0) is 29.8 Å². The predicted molar refractivity (Wildman–Crippen MR) is 103 cm³/mol. The number of pyridine rings is 1. The average molecular weight is 375 g/mol. The molecule has 0 bridgehead atoms. The molecule has 1 atom stereocenters. The van der Waals surface area contributed by atoms with Gasteiger partial charge in [0.1, 0.15) is 28.9 Å². The number of fused-ring (bicyclic) bond motifs is 3. The predicted octanol–water partition coefficient (Wildman–Crippen LogP) is 2.76. The van der Waals surface area contributed by atoms with Crippen molar-refractivity contribution in [2.45, 2.75) is 5.92 Å². The molecule has 140 valence electrons. The summed E-state index contributed by atoms with van der Waals surface area (Å²) in [7, 11) is 3.07. The van der Waals surface area contributed by atoms with Gasteiger partial charge in [-0.15, -0.1) is 0 Å². The van der Waals surface area contributed by atoms with Crippen LogP contribution in [-0.2, 0) is 0 Å². The molecule has 4 rings (SSSR count). The fourth-order valence-electron chi connectivity index (χ4n) is 3.50. The Morgan fingerprint density at radius 1 is 1.14 bits per heavy atom. The molecule has 0 fully saturated rings. The minimum Gasteiger partial charge on any atom is -0.497 e. The molecule has 0 aliphatic carbocycles. The van der Waals surface area contributed by atoms with Gasteiger partial charge in [0, 0.05) is 11.5 Å². The number of H-pyrrole nitrogens is 1. The third-order valence-electron chi connectivity index (χ3n) is 4.79. The minimum atomic E-state index is -0.717. The number of allylic oxidation sites excluding steroid dienone is 1. The van der Waals surface area contributed by atoms with Gasteiger partial charge in [0.05, 0.1) is 31.2 Å². The standard InChI is InChI=1S/C21H17N3O4/c1-26-12-7-11(8-13(9-12)27-2)17-15(10-22)20(23)28-19-14-5-3-4-6-16(14)24-21(25)18(17)19/h3-9,17H,23H2,1-2H3,(H,24,25). The fraction of sp³-hybridized carbons (Fsp3) is 0.143. The quantitative estimate of drug-likeness (QED) is 0.728. The summed E-state index contributed by atoms with van der Waals surface area (Å²) in [6.45, 7) is 0. The Morgan fingerprint density at radius 2 is 1.82 bits per heavy atom. The average Bonchev–Trinajstić information content (AvgIpc) is 2.72. The molecule has 1 aliphatic rings. The molecule has 7 heteroatoms. The van der Waals surface area contributed by atoms with Crippen LogP contribution < -0.4 is 25.5 Å². The molecule has 2 heterocycles. The van der Waals surface area contributed by atoms with Crippen LogP contribution in [-0.4, -0.2) is 19.2 Å². The van der Waals surface area contributed by atoms with E-state index >= 15 is 0 Å². The summed E-state index contributed by atoms with van der Waals surface area (Å²) in [6, 6.07) is 14.6. The molecular weight excluding hydrogens is 358 g/mol. The molecule has 28 heavy (non-hydrogen) atoms. The number of para-hydroxylation sites is 1. The van der Waals surface area contributed by atoms with E-state index in [0.717, 1.165) is 0 Å². The Morgan fingerprint density at radius 3 is 2.46 bits per heavy atom. The lowest BCUT2D eigenvalue weighted by Gasteiger charge is -2.27. The highest BCUT2D eigenvalue weighted by atomic mass is 16.5. The Kier molecular flexibility index (Phi) is 4.17. The number of nitrogens with zero attached hydrogens (tertiary/aromatic N) is 1. The van der Waals surface area contributed by atoms with E-state index in [2.05, 4.69) is 11.1 Å². The fourth-order valence-corrected chi connectivity index (χ4v) is 3.50. The number of methoxy groups -OCH3 is 2. The summed E-state index contributed by atoms with van der Waals surface area (Å²) in [5.41, 5.74) is 7.47. The van der Waals surface area contributed by atoms with E-state index in [4.69, 9.17) is 19.9 Å². The number of aromatic nitrogens is 1. The molecule has 0 radical (unpaired) electrons. The van der Waals surface area contributed by atoms with Crippen molar-refractivity contribution in [1.29, 1.82) is 5.26 Å². The second-order valence-corrected chi connectivity index (χ2v) is 6.31. The number of nitriles is 1. The van der Waals surface area contributed by atoms with Gasteiger partial charge in [-0.25, -0.2) is 0 Å². The second-order valence-electron chi connectivity index (χ2n) is 6.31. The van der Waals surface area contributed by atoms with Crippen LogP contribution in [0.4, 0.5) is 0 Å². The summed E-state index contributed by atoms with van der Waals surface area (Å²) in [4.78, 5) is 15.8. The number of nitrogens with two attached hydrogens (primary N) is 1. The largest absolute Gasteiger partial charge is 0.497 e. The summed E-state index contributed by atoms with van der Waals surface area (Å²) in [6.07, 6.45) is 0. The lowest BCUT2D eigenvalue weighted by Crippen LogP contribution is -2.27. The van der Waals surface area contributed by atoms with E-state index in [0.29, 0.717) is 39.3 Å². The molecule has 7 nitrogen and oxygen atoms in total. The monoisotopic (exact) mass is 375 g/mol. The van der Waals surface area contributed by atoms with Crippen molar-refractivity contribution >= 4 is 10.9 Å². The van der Waals surface area contributed by atoms with Crippen LogP contribution in [0.3, 0.4) is 0 Å². The number of rotatable bonds is 3. The van der Waals surface area contributed by atoms with Crippen molar-refractivity contribution in [3.8, 4) is 23.3 Å². The van der Waals surface area contributed by atoms with Crippen LogP contribution in [0.15, 0.2) is 58.7 Å². The number of ether oxygens (including phenoxy) is 3. The zero-order valence-electron chi connectivity index (χ0n) is 15.3. The lowest BCUT2D eigenvalue weighted by atomic mass is 9.83. The van der Waals surface area contributed by atoms with Crippen molar-refractivity contribution in [2.24, 2.45) is 5.73 Å². The first-order chi connectivity index (χ1) is 13.6. The van der Waals surface area contributed by atoms with Gasteiger partial charge in [0.25, 0.3) is 5.56 Å².